The lowest BCUT2D eigenvalue weighted by Gasteiger charge is -2.32. The Kier molecular flexibility index (Phi) is 12.5. The number of nitrogens with zero attached hydrogens (tertiary/aromatic N) is 4. The summed E-state index contributed by atoms with van der Waals surface area (Å²) in [6.07, 6.45) is 13.0. The van der Waals surface area contributed by atoms with E-state index in [1.165, 1.54) is 50.4 Å². The molecular formula is C31H47FN4O2. The maximum atomic E-state index is 13.9. The first-order valence-electron chi connectivity index (χ1n) is 14.7. The standard InChI is InChI=1S/C25H32FN3O2.C4H9N.C2H6/c1-2-3-18-16-27-25(28-17-18)29-10-6-19(7-11-29)23-14-21(23)9-13-31-22-5-4-20(8-12-30)24(26)15-22;1-5-3-2-4-5;1-2/h4-5,12,15-17,19,21,23H,2-3,6-11,13-14H2,1H3;2-4H2,1H3;1-2H3. The van der Waals surface area contributed by atoms with Crippen molar-refractivity contribution in [3.05, 3.63) is 47.5 Å². The van der Waals surface area contributed by atoms with Gasteiger partial charge in [-0.25, -0.2) is 14.4 Å². The molecule has 1 aliphatic carbocycles. The summed E-state index contributed by atoms with van der Waals surface area (Å²) in [5.41, 5.74) is 1.63. The van der Waals surface area contributed by atoms with E-state index in [4.69, 9.17) is 4.74 Å². The normalized spacial score (nSPS) is 20.8. The van der Waals surface area contributed by atoms with Gasteiger partial charge in [-0.05, 0) is 93.6 Å². The topological polar surface area (TPSA) is 58.6 Å². The number of carbonyl (C=O) groups is 1. The summed E-state index contributed by atoms with van der Waals surface area (Å²) in [5.74, 6) is 3.34. The number of benzene rings is 1. The highest BCUT2D eigenvalue weighted by Gasteiger charge is 2.43. The monoisotopic (exact) mass is 526 g/mol. The first-order chi connectivity index (χ1) is 18.6. The maximum absolute atomic E-state index is 13.9. The van der Waals surface area contributed by atoms with Gasteiger partial charge in [-0.2, -0.15) is 0 Å². The molecule has 3 fully saturated rings. The quantitative estimate of drug-likeness (QED) is 0.355. The summed E-state index contributed by atoms with van der Waals surface area (Å²) >= 11 is 0. The van der Waals surface area contributed by atoms with Gasteiger partial charge in [0.1, 0.15) is 17.9 Å². The predicted molar refractivity (Wildman–Crippen MR) is 152 cm³/mol. The average molecular weight is 527 g/mol. The number of hydrogen-bond acceptors (Lipinski definition) is 6. The van der Waals surface area contributed by atoms with Gasteiger partial charge in [-0.15, -0.1) is 0 Å². The number of carbonyl (C=O) groups excluding carboxylic acids is 1. The maximum Gasteiger partial charge on any atom is 0.225 e. The fraction of sp³-hybridized carbons (Fsp3) is 0.645. The SMILES string of the molecule is CC.CCCc1cnc(N2CCC(C3CC3CCOc3ccc(CC=O)c(F)c3)CC2)nc1.CN1CCC1. The number of piperidine rings is 1. The molecule has 0 N–H and O–H groups in total. The fourth-order valence-corrected chi connectivity index (χ4v) is 5.31. The van der Waals surface area contributed by atoms with Gasteiger partial charge in [0, 0.05) is 38.0 Å². The van der Waals surface area contributed by atoms with E-state index in [9.17, 15) is 9.18 Å². The van der Waals surface area contributed by atoms with E-state index in [1.54, 1.807) is 12.1 Å². The van der Waals surface area contributed by atoms with Crippen molar-refractivity contribution in [3.8, 4) is 5.75 Å². The fourth-order valence-electron chi connectivity index (χ4n) is 5.31. The molecule has 2 aromatic rings. The van der Waals surface area contributed by atoms with Crippen molar-refractivity contribution >= 4 is 12.2 Å². The van der Waals surface area contributed by atoms with Gasteiger partial charge in [0.2, 0.25) is 5.95 Å². The van der Waals surface area contributed by atoms with Gasteiger partial charge in [0.05, 0.1) is 6.61 Å². The lowest BCUT2D eigenvalue weighted by atomic mass is 9.90. The van der Waals surface area contributed by atoms with E-state index < -0.39 is 0 Å². The van der Waals surface area contributed by atoms with E-state index in [2.05, 4.69) is 33.7 Å². The van der Waals surface area contributed by atoms with Crippen LogP contribution in [0.2, 0.25) is 0 Å². The number of halogens is 1. The number of ether oxygens (including phenoxy) is 1. The lowest BCUT2D eigenvalue weighted by molar-refractivity contribution is -0.107. The minimum Gasteiger partial charge on any atom is -0.493 e. The summed E-state index contributed by atoms with van der Waals surface area (Å²) in [7, 11) is 2.14. The number of hydrogen-bond donors (Lipinski definition) is 0. The molecule has 3 aliphatic rings. The van der Waals surface area contributed by atoms with Crippen LogP contribution in [0.3, 0.4) is 0 Å². The summed E-state index contributed by atoms with van der Waals surface area (Å²) in [5, 5.41) is 0. The van der Waals surface area contributed by atoms with Gasteiger partial charge in [0.25, 0.3) is 0 Å². The summed E-state index contributed by atoms with van der Waals surface area (Å²) in [6.45, 7) is 11.5. The Labute approximate surface area is 229 Å². The molecule has 0 radical (unpaired) electrons. The van der Waals surface area contributed by atoms with Crippen molar-refractivity contribution in [1.29, 1.82) is 0 Å². The minimum atomic E-state index is -0.371. The lowest BCUT2D eigenvalue weighted by Crippen LogP contribution is -2.35. The van der Waals surface area contributed by atoms with Crippen LogP contribution in [0.15, 0.2) is 30.6 Å². The zero-order valence-corrected chi connectivity index (χ0v) is 23.9. The summed E-state index contributed by atoms with van der Waals surface area (Å²) < 4.78 is 19.7. The number of likely N-dealkylation sites (tertiary alicyclic amines) is 1. The second kappa shape index (κ2) is 15.8. The first kappa shape index (κ1) is 30.0. The van der Waals surface area contributed by atoms with Gasteiger partial charge >= 0.3 is 0 Å². The van der Waals surface area contributed by atoms with Crippen LogP contribution in [0.1, 0.15) is 70.4 Å². The second-order valence-corrected chi connectivity index (χ2v) is 10.5. The molecule has 1 aromatic heterocycles. The molecule has 6 nitrogen and oxygen atoms in total. The Morgan fingerprint density at radius 3 is 2.34 bits per heavy atom. The number of rotatable bonds is 10. The van der Waals surface area contributed by atoms with Crippen molar-refractivity contribution in [2.45, 2.75) is 72.1 Å². The molecule has 2 atom stereocenters. The first-order valence-corrected chi connectivity index (χ1v) is 14.7. The Bertz CT molecular complexity index is 959. The van der Waals surface area contributed by atoms with Crippen LogP contribution < -0.4 is 9.64 Å². The molecule has 2 aliphatic heterocycles. The third kappa shape index (κ3) is 9.04. The van der Waals surface area contributed by atoms with E-state index >= 15 is 0 Å². The highest BCUT2D eigenvalue weighted by atomic mass is 19.1. The number of aldehydes is 1. The van der Waals surface area contributed by atoms with E-state index in [1.807, 2.05) is 26.2 Å². The van der Waals surface area contributed by atoms with Crippen LogP contribution in [0.5, 0.6) is 5.75 Å². The molecule has 1 aromatic carbocycles. The highest BCUT2D eigenvalue weighted by Crippen LogP contribution is 2.49. The Morgan fingerprint density at radius 1 is 1.11 bits per heavy atom. The van der Waals surface area contributed by atoms with Crippen LogP contribution in [-0.4, -0.2) is 61.0 Å². The van der Waals surface area contributed by atoms with Gasteiger partial charge in [-0.3, -0.25) is 0 Å². The molecule has 0 amide bonds. The molecule has 5 rings (SSSR count). The molecule has 0 bridgehead atoms. The molecule has 1 saturated carbocycles. The highest BCUT2D eigenvalue weighted by molar-refractivity contribution is 5.55. The van der Waals surface area contributed by atoms with Crippen molar-refractivity contribution in [1.82, 2.24) is 14.9 Å². The van der Waals surface area contributed by atoms with Gasteiger partial charge in [-0.1, -0.05) is 33.3 Å². The third-order valence-electron chi connectivity index (χ3n) is 7.80. The molecule has 7 heteroatoms. The molecule has 3 heterocycles. The summed E-state index contributed by atoms with van der Waals surface area (Å²) in [6, 6.07) is 4.77. The molecular weight excluding hydrogens is 479 g/mol. The van der Waals surface area contributed by atoms with Crippen LogP contribution in [0, 0.1) is 23.6 Å². The van der Waals surface area contributed by atoms with Crippen molar-refractivity contribution in [2.75, 3.05) is 44.7 Å². The number of anilines is 1. The van der Waals surface area contributed by atoms with Crippen LogP contribution in [0.25, 0.3) is 0 Å². The molecule has 38 heavy (non-hydrogen) atoms. The molecule has 2 unspecified atom stereocenters. The molecule has 2 saturated heterocycles. The largest absolute Gasteiger partial charge is 0.493 e. The second-order valence-electron chi connectivity index (χ2n) is 10.5. The van der Waals surface area contributed by atoms with Crippen LogP contribution in [-0.2, 0) is 17.6 Å². The smallest absolute Gasteiger partial charge is 0.225 e. The Morgan fingerprint density at radius 2 is 1.79 bits per heavy atom. The molecule has 0 spiro atoms. The predicted octanol–water partition coefficient (Wildman–Crippen LogP) is 5.98. The Balaban J connectivity index is 0.000000504. The van der Waals surface area contributed by atoms with Crippen LogP contribution in [0.4, 0.5) is 10.3 Å². The zero-order valence-electron chi connectivity index (χ0n) is 23.9. The average Bonchev–Trinajstić information content (AvgIpc) is 3.71. The molecule has 210 valence electrons. The number of aryl methyl sites for hydroxylation is 1. The van der Waals surface area contributed by atoms with Gasteiger partial charge in [0.15, 0.2) is 0 Å². The summed E-state index contributed by atoms with van der Waals surface area (Å²) in [4.78, 5) is 24.3. The minimum absolute atomic E-state index is 0.102. The van der Waals surface area contributed by atoms with Crippen molar-refractivity contribution < 1.29 is 13.9 Å². The van der Waals surface area contributed by atoms with E-state index in [0.717, 1.165) is 56.1 Å². The number of aromatic nitrogens is 2. The van der Waals surface area contributed by atoms with E-state index in [0.29, 0.717) is 24.2 Å². The van der Waals surface area contributed by atoms with Crippen molar-refractivity contribution in [2.24, 2.45) is 17.8 Å². The van der Waals surface area contributed by atoms with Gasteiger partial charge < -0.3 is 19.3 Å². The van der Waals surface area contributed by atoms with Crippen molar-refractivity contribution in [3.63, 3.8) is 0 Å². The Hall–Kier alpha value is -2.54. The zero-order chi connectivity index (χ0) is 27.3. The van der Waals surface area contributed by atoms with Crippen LogP contribution >= 0.6 is 0 Å². The third-order valence-corrected chi connectivity index (χ3v) is 7.80. The van der Waals surface area contributed by atoms with E-state index in [-0.39, 0.29) is 12.2 Å².